The smallest absolute Gasteiger partial charge is 0.488 e. The van der Waals surface area contributed by atoms with E-state index in [1.165, 1.54) is 6.07 Å². The minimum absolute atomic E-state index is 0.00324. The fraction of sp³-hybridized carbons (Fsp3) is 0.400. The summed E-state index contributed by atoms with van der Waals surface area (Å²) in [5, 5.41) is 19.7. The first-order chi connectivity index (χ1) is 25.9. The lowest BCUT2D eigenvalue weighted by molar-refractivity contribution is -0.275. The molecule has 54 heavy (non-hydrogen) atoms. The van der Waals surface area contributed by atoms with Gasteiger partial charge in [-0.25, -0.2) is 0 Å². The van der Waals surface area contributed by atoms with Gasteiger partial charge in [-0.15, -0.1) is 13.2 Å². The second-order valence-corrected chi connectivity index (χ2v) is 14.6. The first-order valence-electron chi connectivity index (χ1n) is 17.9. The van der Waals surface area contributed by atoms with E-state index < -0.39 is 64.9 Å². The summed E-state index contributed by atoms with van der Waals surface area (Å²) in [6.45, 7) is 0.576. The molecule has 1 aliphatic heterocycles. The molecule has 1 saturated heterocycles. The number of fused-ring (bicyclic) bond motifs is 4. The van der Waals surface area contributed by atoms with Gasteiger partial charge in [-0.1, -0.05) is 60.7 Å². The molecular weight excluding hydrogens is 707 g/mol. The first kappa shape index (κ1) is 36.0. The van der Waals surface area contributed by atoms with Gasteiger partial charge in [0.25, 0.3) is 5.88 Å². The van der Waals surface area contributed by atoms with Crippen molar-refractivity contribution in [3.8, 4) is 17.4 Å². The number of aromatic nitrogens is 1. The molecular formula is C40H38F3N3O8. The highest BCUT2D eigenvalue weighted by Gasteiger charge is 2.67. The van der Waals surface area contributed by atoms with Crippen LogP contribution in [0.1, 0.15) is 80.1 Å². The number of aliphatic hydroxyl groups is 1. The number of halogens is 3. The van der Waals surface area contributed by atoms with Crippen LogP contribution in [0.25, 0.3) is 0 Å². The molecule has 6 unspecified atom stereocenters. The third-order valence-corrected chi connectivity index (χ3v) is 11.2. The second-order valence-electron chi connectivity index (χ2n) is 14.6. The van der Waals surface area contributed by atoms with E-state index in [9.17, 15) is 32.7 Å². The zero-order chi connectivity index (χ0) is 37.9. The summed E-state index contributed by atoms with van der Waals surface area (Å²) < 4.78 is 65.1. The maximum atomic E-state index is 14.8. The molecule has 2 heterocycles. The first-order valence-corrected chi connectivity index (χ1v) is 17.9. The number of rotatable bonds is 9. The molecule has 6 atom stereocenters. The Morgan fingerprint density at radius 1 is 0.981 bits per heavy atom. The largest absolute Gasteiger partial charge is 0.573 e. The lowest BCUT2D eigenvalue weighted by atomic mass is 9.54. The maximum Gasteiger partial charge on any atom is 0.573 e. The fourth-order valence-corrected chi connectivity index (χ4v) is 8.82. The van der Waals surface area contributed by atoms with E-state index in [1.54, 1.807) is 43.3 Å². The Kier molecular flexibility index (Phi) is 9.10. The van der Waals surface area contributed by atoms with E-state index in [4.69, 9.17) is 18.7 Å². The molecule has 2 fully saturated rings. The van der Waals surface area contributed by atoms with Gasteiger partial charge in [0.1, 0.15) is 30.3 Å². The highest BCUT2D eigenvalue weighted by atomic mass is 19.4. The standard InChI is InChI=1S/C40H38F3N3O8/c1-46(2)32-26-17-23-16-25-30(28(51-19-21-10-5-3-6-11-21)18-24(27-14-9-15-44-27)34(25)53-40(41,42)43)33(47)29(23)36(48)39(26,50)37(49)31-35(32)54-45-38(31)52-20-22-12-7-4-8-13-22/h3-8,10-13,18,23,26-27,29,32,44,50H,9,14-17,19-20H2,1-2H3. The molecule has 4 aromatic rings. The monoisotopic (exact) mass is 745 g/mol. The van der Waals surface area contributed by atoms with E-state index >= 15 is 0 Å². The minimum atomic E-state index is -5.09. The second kappa shape index (κ2) is 13.7. The Balaban J connectivity index is 1.22. The van der Waals surface area contributed by atoms with Crippen molar-refractivity contribution in [1.82, 2.24) is 15.4 Å². The SMILES string of the molecule is CN(C)C1c2onc(OCc3ccccc3)c2C(=O)C2(O)C(=O)C3C(=O)c4c(OCc5ccccc5)cc(C5CCCN5)c(OC(F)(F)F)c4CC3CC12. The summed E-state index contributed by atoms with van der Waals surface area (Å²) in [4.78, 5) is 45.6. The van der Waals surface area contributed by atoms with Crippen LogP contribution in [0.3, 0.4) is 0 Å². The van der Waals surface area contributed by atoms with Crippen molar-refractivity contribution >= 4 is 17.3 Å². The van der Waals surface area contributed by atoms with Crippen molar-refractivity contribution in [2.24, 2.45) is 17.8 Å². The van der Waals surface area contributed by atoms with Gasteiger partial charge in [0.15, 0.2) is 22.9 Å². The number of benzene rings is 3. The quantitative estimate of drug-likeness (QED) is 0.197. The lowest BCUT2D eigenvalue weighted by Crippen LogP contribution is -2.66. The molecule has 14 heteroatoms. The van der Waals surface area contributed by atoms with Gasteiger partial charge in [0.05, 0.1) is 17.5 Å². The molecule has 3 aliphatic carbocycles. The third kappa shape index (κ3) is 6.06. The van der Waals surface area contributed by atoms with Gasteiger partial charge in [-0.3, -0.25) is 19.3 Å². The molecule has 8 rings (SSSR count). The molecule has 0 radical (unpaired) electrons. The van der Waals surface area contributed by atoms with Crippen molar-refractivity contribution in [1.29, 1.82) is 0 Å². The average Bonchev–Trinajstić information content (AvgIpc) is 3.83. The average molecular weight is 746 g/mol. The zero-order valence-corrected chi connectivity index (χ0v) is 29.5. The van der Waals surface area contributed by atoms with Gasteiger partial charge >= 0.3 is 6.36 Å². The zero-order valence-electron chi connectivity index (χ0n) is 29.5. The predicted molar refractivity (Wildman–Crippen MR) is 185 cm³/mol. The lowest BCUT2D eigenvalue weighted by Gasteiger charge is -2.51. The number of nitrogens with one attached hydrogen (secondary N) is 1. The van der Waals surface area contributed by atoms with Crippen LogP contribution in [0.2, 0.25) is 0 Å². The van der Waals surface area contributed by atoms with Crippen LogP contribution in [0.4, 0.5) is 13.2 Å². The van der Waals surface area contributed by atoms with Gasteiger partial charge in [0, 0.05) is 23.1 Å². The van der Waals surface area contributed by atoms with Crippen molar-refractivity contribution in [3.05, 3.63) is 106 Å². The van der Waals surface area contributed by atoms with E-state index in [0.717, 1.165) is 11.1 Å². The van der Waals surface area contributed by atoms with Crippen LogP contribution in [-0.4, -0.2) is 65.1 Å². The summed E-state index contributed by atoms with van der Waals surface area (Å²) in [5.41, 5.74) is -1.43. The Morgan fingerprint density at radius 2 is 1.65 bits per heavy atom. The van der Waals surface area contributed by atoms with E-state index in [0.29, 0.717) is 19.4 Å². The van der Waals surface area contributed by atoms with Crippen LogP contribution in [-0.2, 0) is 24.4 Å². The van der Waals surface area contributed by atoms with Gasteiger partial charge < -0.3 is 29.2 Å². The number of hydrogen-bond donors (Lipinski definition) is 2. The summed E-state index contributed by atoms with van der Waals surface area (Å²) in [5.74, 6) is -7.08. The van der Waals surface area contributed by atoms with Gasteiger partial charge in [0.2, 0.25) is 5.78 Å². The number of carbonyl (C=O) groups excluding carboxylic acids is 3. The minimum Gasteiger partial charge on any atom is -0.488 e. The van der Waals surface area contributed by atoms with Gasteiger partial charge in [-0.2, -0.15) is 0 Å². The highest BCUT2D eigenvalue weighted by molar-refractivity contribution is 6.27. The van der Waals surface area contributed by atoms with Crippen LogP contribution in [0, 0.1) is 17.8 Å². The van der Waals surface area contributed by atoms with Crippen molar-refractivity contribution in [2.75, 3.05) is 20.6 Å². The van der Waals surface area contributed by atoms with Crippen molar-refractivity contribution < 1.29 is 51.4 Å². The normalized spacial score (nSPS) is 26.2. The van der Waals surface area contributed by atoms with E-state index in [-0.39, 0.29) is 65.7 Å². The van der Waals surface area contributed by atoms with Crippen LogP contribution in [0.5, 0.6) is 17.4 Å². The predicted octanol–water partition coefficient (Wildman–Crippen LogP) is 5.95. The van der Waals surface area contributed by atoms with E-state index in [2.05, 4.69) is 10.5 Å². The molecule has 282 valence electrons. The number of ether oxygens (including phenoxy) is 3. The van der Waals surface area contributed by atoms with Crippen molar-refractivity contribution in [2.45, 2.75) is 62.9 Å². The number of Topliss-reactive ketones (excluding diaryl/α,β-unsaturated/α-hetero) is 3. The molecule has 4 aliphatic rings. The molecule has 1 aromatic heterocycles. The van der Waals surface area contributed by atoms with E-state index in [1.807, 2.05) is 36.4 Å². The van der Waals surface area contributed by atoms with Gasteiger partial charge in [-0.05, 0) is 74.6 Å². The number of alkyl halides is 3. The topological polar surface area (TPSA) is 140 Å². The Hall–Kier alpha value is -5.05. The number of ketones is 3. The van der Waals surface area contributed by atoms with Crippen LogP contribution >= 0.6 is 0 Å². The molecule has 11 nitrogen and oxygen atoms in total. The Labute approximate surface area is 308 Å². The molecule has 1 saturated carbocycles. The Morgan fingerprint density at radius 3 is 2.26 bits per heavy atom. The highest BCUT2D eigenvalue weighted by Crippen LogP contribution is 2.57. The molecule has 3 aromatic carbocycles. The Bertz CT molecular complexity index is 2100. The van der Waals surface area contributed by atoms with Crippen LogP contribution < -0.4 is 19.5 Å². The molecule has 0 bridgehead atoms. The van der Waals surface area contributed by atoms with Crippen LogP contribution in [0.15, 0.2) is 71.3 Å². The molecule has 0 amide bonds. The number of hydrogen-bond acceptors (Lipinski definition) is 11. The number of carbonyl (C=O) groups is 3. The summed E-state index contributed by atoms with van der Waals surface area (Å²) in [6, 6.07) is 18.1. The fourth-order valence-electron chi connectivity index (χ4n) is 8.82. The summed E-state index contributed by atoms with van der Waals surface area (Å²) in [6.07, 6.45) is -4.10. The molecule has 0 spiro atoms. The number of nitrogens with zero attached hydrogens (tertiary/aromatic N) is 2. The summed E-state index contributed by atoms with van der Waals surface area (Å²) in [7, 11) is 3.37. The summed E-state index contributed by atoms with van der Waals surface area (Å²) >= 11 is 0. The third-order valence-electron chi connectivity index (χ3n) is 11.2. The van der Waals surface area contributed by atoms with Crippen molar-refractivity contribution in [3.63, 3.8) is 0 Å². The molecule has 2 N–H and O–H groups in total. The maximum absolute atomic E-state index is 14.8.